The summed E-state index contributed by atoms with van der Waals surface area (Å²) in [6.45, 7) is 4.23. The highest BCUT2D eigenvalue weighted by Gasteiger charge is 2.11. The number of anilines is 1. The predicted octanol–water partition coefficient (Wildman–Crippen LogP) is 2.19. The van der Waals surface area contributed by atoms with Crippen LogP contribution in [-0.4, -0.2) is 12.1 Å². The zero-order valence-corrected chi connectivity index (χ0v) is 8.37. The van der Waals surface area contributed by atoms with Gasteiger partial charge in [-0.1, -0.05) is 13.8 Å². The molecule has 3 nitrogen and oxygen atoms in total. The lowest BCUT2D eigenvalue weighted by molar-refractivity contribution is 0.415. The first-order valence-corrected chi connectivity index (χ1v) is 4.49. The predicted molar refractivity (Wildman–Crippen MR) is 53.9 cm³/mol. The van der Waals surface area contributed by atoms with Crippen molar-refractivity contribution in [2.45, 2.75) is 26.2 Å². The number of ether oxygens (including phenoxy) is 1. The van der Waals surface area contributed by atoms with Gasteiger partial charge in [0.05, 0.1) is 18.5 Å². The van der Waals surface area contributed by atoms with Crippen LogP contribution in [0.3, 0.4) is 0 Å². The Hall–Kier alpha value is -1.25. The SMILES string of the molecule is CCC(C)c1nccc(OC)c1N. The molecular formula is C10H16N2O. The van der Waals surface area contributed by atoms with Crippen molar-refractivity contribution in [2.75, 3.05) is 12.8 Å². The van der Waals surface area contributed by atoms with Crippen LogP contribution in [0.25, 0.3) is 0 Å². The Morgan fingerprint density at radius 3 is 2.85 bits per heavy atom. The van der Waals surface area contributed by atoms with Gasteiger partial charge < -0.3 is 10.5 Å². The summed E-state index contributed by atoms with van der Waals surface area (Å²) in [7, 11) is 1.62. The number of nitrogens with zero attached hydrogens (tertiary/aromatic N) is 1. The smallest absolute Gasteiger partial charge is 0.145 e. The Morgan fingerprint density at radius 2 is 2.31 bits per heavy atom. The van der Waals surface area contributed by atoms with E-state index in [1.54, 1.807) is 19.4 Å². The second kappa shape index (κ2) is 4.12. The molecule has 0 aromatic carbocycles. The number of pyridine rings is 1. The number of aromatic nitrogens is 1. The molecule has 0 bridgehead atoms. The van der Waals surface area contributed by atoms with Gasteiger partial charge in [-0.2, -0.15) is 0 Å². The highest BCUT2D eigenvalue weighted by Crippen LogP contribution is 2.29. The number of hydrogen-bond donors (Lipinski definition) is 1. The van der Waals surface area contributed by atoms with Crippen molar-refractivity contribution in [1.29, 1.82) is 0 Å². The van der Waals surface area contributed by atoms with E-state index >= 15 is 0 Å². The van der Waals surface area contributed by atoms with E-state index in [2.05, 4.69) is 18.8 Å². The average molecular weight is 180 g/mol. The minimum Gasteiger partial charge on any atom is -0.494 e. The van der Waals surface area contributed by atoms with Gasteiger partial charge in [0.25, 0.3) is 0 Å². The Kier molecular flexibility index (Phi) is 3.12. The topological polar surface area (TPSA) is 48.1 Å². The zero-order valence-electron chi connectivity index (χ0n) is 8.37. The van der Waals surface area contributed by atoms with Crippen LogP contribution in [0.2, 0.25) is 0 Å². The van der Waals surface area contributed by atoms with Gasteiger partial charge in [0.15, 0.2) is 0 Å². The van der Waals surface area contributed by atoms with Gasteiger partial charge in [0, 0.05) is 18.2 Å². The molecule has 0 amide bonds. The van der Waals surface area contributed by atoms with Crippen LogP contribution in [0.15, 0.2) is 12.3 Å². The van der Waals surface area contributed by atoms with Crippen LogP contribution in [0, 0.1) is 0 Å². The maximum Gasteiger partial charge on any atom is 0.145 e. The number of methoxy groups -OCH3 is 1. The standard InChI is InChI=1S/C10H16N2O/c1-4-7(2)10-9(11)8(13-3)5-6-12-10/h5-7H,4,11H2,1-3H3. The molecule has 0 saturated heterocycles. The minimum atomic E-state index is 0.384. The number of nitrogens with two attached hydrogens (primary N) is 1. The molecule has 3 heteroatoms. The average Bonchev–Trinajstić information content (AvgIpc) is 2.17. The molecule has 0 aliphatic heterocycles. The van der Waals surface area contributed by atoms with Crippen molar-refractivity contribution in [3.05, 3.63) is 18.0 Å². The van der Waals surface area contributed by atoms with Gasteiger partial charge in [-0.3, -0.25) is 4.98 Å². The molecule has 0 saturated carbocycles. The third-order valence-electron chi connectivity index (χ3n) is 2.28. The minimum absolute atomic E-state index is 0.384. The lowest BCUT2D eigenvalue weighted by Crippen LogP contribution is -2.03. The summed E-state index contributed by atoms with van der Waals surface area (Å²) >= 11 is 0. The van der Waals surface area contributed by atoms with Crippen LogP contribution in [-0.2, 0) is 0 Å². The van der Waals surface area contributed by atoms with Gasteiger partial charge >= 0.3 is 0 Å². The van der Waals surface area contributed by atoms with Gasteiger partial charge in [-0.25, -0.2) is 0 Å². The number of nitrogen functional groups attached to an aromatic ring is 1. The van der Waals surface area contributed by atoms with E-state index < -0.39 is 0 Å². The maximum absolute atomic E-state index is 5.88. The third-order valence-corrected chi connectivity index (χ3v) is 2.28. The maximum atomic E-state index is 5.88. The number of rotatable bonds is 3. The van der Waals surface area contributed by atoms with Crippen molar-refractivity contribution >= 4 is 5.69 Å². The summed E-state index contributed by atoms with van der Waals surface area (Å²) in [5.74, 6) is 1.10. The molecule has 1 heterocycles. The monoisotopic (exact) mass is 180 g/mol. The van der Waals surface area contributed by atoms with Crippen molar-refractivity contribution in [3.63, 3.8) is 0 Å². The summed E-state index contributed by atoms with van der Waals surface area (Å²) in [5, 5.41) is 0. The molecule has 1 rings (SSSR count). The van der Waals surface area contributed by atoms with Crippen molar-refractivity contribution in [3.8, 4) is 5.75 Å². The van der Waals surface area contributed by atoms with Crippen molar-refractivity contribution in [2.24, 2.45) is 0 Å². The lowest BCUT2D eigenvalue weighted by Gasteiger charge is -2.12. The van der Waals surface area contributed by atoms with E-state index in [-0.39, 0.29) is 0 Å². The molecule has 1 atom stereocenters. The first-order valence-electron chi connectivity index (χ1n) is 4.49. The molecule has 1 unspecified atom stereocenters. The Bertz CT molecular complexity index is 286. The van der Waals surface area contributed by atoms with Crippen LogP contribution < -0.4 is 10.5 Å². The van der Waals surface area contributed by atoms with Gasteiger partial charge in [0.1, 0.15) is 5.75 Å². The summed E-state index contributed by atoms with van der Waals surface area (Å²) < 4.78 is 5.12. The molecule has 0 spiro atoms. The van der Waals surface area contributed by atoms with E-state index in [9.17, 15) is 0 Å². The number of hydrogen-bond acceptors (Lipinski definition) is 3. The summed E-state index contributed by atoms with van der Waals surface area (Å²) in [6, 6.07) is 1.78. The fourth-order valence-corrected chi connectivity index (χ4v) is 1.23. The quantitative estimate of drug-likeness (QED) is 0.775. The first kappa shape index (κ1) is 9.84. The van der Waals surface area contributed by atoms with Crippen molar-refractivity contribution < 1.29 is 4.74 Å². The largest absolute Gasteiger partial charge is 0.494 e. The molecule has 0 aliphatic carbocycles. The van der Waals surface area contributed by atoms with Crippen LogP contribution >= 0.6 is 0 Å². The highest BCUT2D eigenvalue weighted by atomic mass is 16.5. The zero-order chi connectivity index (χ0) is 9.84. The van der Waals surface area contributed by atoms with Crippen LogP contribution in [0.1, 0.15) is 31.9 Å². The van der Waals surface area contributed by atoms with Crippen molar-refractivity contribution in [1.82, 2.24) is 4.98 Å². The third kappa shape index (κ3) is 1.91. The second-order valence-electron chi connectivity index (χ2n) is 3.12. The molecule has 13 heavy (non-hydrogen) atoms. The van der Waals surface area contributed by atoms with E-state index in [0.29, 0.717) is 17.4 Å². The first-order chi connectivity index (χ1) is 6.20. The van der Waals surface area contributed by atoms with Crippen LogP contribution in [0.4, 0.5) is 5.69 Å². The van der Waals surface area contributed by atoms with E-state index in [1.807, 2.05) is 0 Å². The fourth-order valence-electron chi connectivity index (χ4n) is 1.23. The molecular weight excluding hydrogens is 164 g/mol. The second-order valence-corrected chi connectivity index (χ2v) is 3.12. The Labute approximate surface area is 78.9 Å². The fraction of sp³-hybridized carbons (Fsp3) is 0.500. The lowest BCUT2D eigenvalue weighted by atomic mass is 10.0. The van der Waals surface area contributed by atoms with E-state index in [1.165, 1.54) is 0 Å². The van der Waals surface area contributed by atoms with Gasteiger partial charge in [-0.15, -0.1) is 0 Å². The molecule has 0 fully saturated rings. The van der Waals surface area contributed by atoms with E-state index in [4.69, 9.17) is 10.5 Å². The molecule has 1 aromatic heterocycles. The highest BCUT2D eigenvalue weighted by molar-refractivity contribution is 5.56. The molecule has 0 aliphatic rings. The molecule has 72 valence electrons. The molecule has 0 radical (unpaired) electrons. The Morgan fingerprint density at radius 1 is 1.62 bits per heavy atom. The molecule has 1 aromatic rings. The summed E-state index contributed by atoms with van der Waals surface area (Å²) in [5.41, 5.74) is 7.48. The summed E-state index contributed by atoms with van der Waals surface area (Å²) in [6.07, 6.45) is 2.76. The van der Waals surface area contributed by atoms with Gasteiger partial charge in [0.2, 0.25) is 0 Å². The summed E-state index contributed by atoms with van der Waals surface area (Å²) in [4.78, 5) is 4.25. The molecule has 2 N–H and O–H groups in total. The van der Waals surface area contributed by atoms with Gasteiger partial charge in [-0.05, 0) is 6.42 Å². The Balaban J connectivity index is 3.08. The normalized spacial score (nSPS) is 12.5. The van der Waals surface area contributed by atoms with E-state index in [0.717, 1.165) is 12.1 Å². The van der Waals surface area contributed by atoms with Crippen LogP contribution in [0.5, 0.6) is 5.75 Å².